The Morgan fingerprint density at radius 1 is 1.14 bits per heavy atom. The van der Waals surface area contributed by atoms with Gasteiger partial charge in [-0.1, -0.05) is 40.8 Å². The van der Waals surface area contributed by atoms with E-state index >= 15 is 0 Å². The predicted molar refractivity (Wildman–Crippen MR) is 108 cm³/mol. The summed E-state index contributed by atoms with van der Waals surface area (Å²) in [4.78, 5) is 19.1. The zero-order valence-electron chi connectivity index (χ0n) is 15.2. The van der Waals surface area contributed by atoms with E-state index in [0.29, 0.717) is 29.6 Å². The lowest BCUT2D eigenvalue weighted by Gasteiger charge is -2.31. The minimum Gasteiger partial charge on any atom is -0.467 e. The van der Waals surface area contributed by atoms with E-state index in [1.165, 1.54) is 0 Å². The number of carbonyl (C=O) groups is 1. The van der Waals surface area contributed by atoms with Crippen molar-refractivity contribution in [2.45, 2.75) is 25.4 Å². The normalized spacial score (nSPS) is 15.4. The quantitative estimate of drug-likeness (QED) is 0.523. The Morgan fingerprint density at radius 2 is 1.93 bits per heavy atom. The number of amides is 1. The number of piperidine rings is 1. The summed E-state index contributed by atoms with van der Waals surface area (Å²) < 4.78 is 12.5. The molecule has 1 aliphatic heterocycles. The van der Waals surface area contributed by atoms with Crippen molar-refractivity contribution in [3.63, 3.8) is 0 Å². The second-order valence-electron chi connectivity index (χ2n) is 6.95. The average molecular weight is 393 g/mol. The number of rotatable bonds is 4. The van der Waals surface area contributed by atoms with Gasteiger partial charge >= 0.3 is 0 Å². The molecule has 2 aromatic carbocycles. The SMILES string of the molecule is O=C(Cc1noc2ccccc12)N1CCC(Oc2nc3ccccc3s2)CC1. The standard InChI is InChI=1S/C21H19N3O3S/c25-20(13-17-15-5-1-3-7-18(15)27-23-17)24-11-9-14(10-12-24)26-21-22-16-6-2-4-8-19(16)28-21/h1-8,14H,9-13H2. The molecule has 28 heavy (non-hydrogen) atoms. The van der Waals surface area contributed by atoms with Gasteiger partial charge in [0.25, 0.3) is 5.19 Å². The van der Waals surface area contributed by atoms with E-state index in [1.54, 1.807) is 11.3 Å². The fourth-order valence-corrected chi connectivity index (χ4v) is 4.47. The molecule has 0 saturated carbocycles. The van der Waals surface area contributed by atoms with Crippen LogP contribution in [0.3, 0.4) is 0 Å². The van der Waals surface area contributed by atoms with Crippen molar-refractivity contribution in [2.75, 3.05) is 13.1 Å². The van der Waals surface area contributed by atoms with Gasteiger partial charge < -0.3 is 14.2 Å². The van der Waals surface area contributed by atoms with E-state index in [9.17, 15) is 4.79 Å². The monoisotopic (exact) mass is 393 g/mol. The molecule has 0 unspecified atom stereocenters. The highest BCUT2D eigenvalue weighted by Gasteiger charge is 2.25. The highest BCUT2D eigenvalue weighted by Crippen LogP contribution is 2.29. The lowest BCUT2D eigenvalue weighted by atomic mass is 10.1. The summed E-state index contributed by atoms with van der Waals surface area (Å²) >= 11 is 1.57. The minimum atomic E-state index is 0.0810. The number of nitrogens with zero attached hydrogens (tertiary/aromatic N) is 3. The zero-order chi connectivity index (χ0) is 18.9. The van der Waals surface area contributed by atoms with Gasteiger partial charge in [-0.2, -0.15) is 0 Å². The van der Waals surface area contributed by atoms with Gasteiger partial charge in [-0.25, -0.2) is 4.98 Å². The van der Waals surface area contributed by atoms with Crippen LogP contribution in [0.5, 0.6) is 5.19 Å². The molecule has 3 heterocycles. The number of ether oxygens (including phenoxy) is 1. The topological polar surface area (TPSA) is 68.5 Å². The Kier molecular flexibility index (Phi) is 4.44. The average Bonchev–Trinajstić information content (AvgIpc) is 3.32. The van der Waals surface area contributed by atoms with Crippen LogP contribution in [0.1, 0.15) is 18.5 Å². The van der Waals surface area contributed by atoms with E-state index in [1.807, 2.05) is 47.4 Å². The molecule has 1 fully saturated rings. The third-order valence-electron chi connectivity index (χ3n) is 5.11. The molecule has 4 aromatic rings. The van der Waals surface area contributed by atoms with Gasteiger partial charge in [-0.3, -0.25) is 4.79 Å². The fraction of sp³-hybridized carbons (Fsp3) is 0.286. The molecule has 0 aliphatic carbocycles. The summed E-state index contributed by atoms with van der Waals surface area (Å²) in [5, 5.41) is 5.68. The van der Waals surface area contributed by atoms with E-state index in [4.69, 9.17) is 9.26 Å². The Hall–Kier alpha value is -2.93. The number of thiazole rings is 1. The lowest BCUT2D eigenvalue weighted by molar-refractivity contribution is -0.132. The van der Waals surface area contributed by atoms with Crippen molar-refractivity contribution in [3.8, 4) is 5.19 Å². The van der Waals surface area contributed by atoms with Gasteiger partial charge in [0.1, 0.15) is 11.8 Å². The molecule has 1 amide bonds. The number of hydrogen-bond donors (Lipinski definition) is 0. The van der Waals surface area contributed by atoms with Crippen molar-refractivity contribution in [1.82, 2.24) is 15.0 Å². The third-order valence-corrected chi connectivity index (χ3v) is 6.03. The van der Waals surface area contributed by atoms with E-state index < -0.39 is 0 Å². The Labute approximate surface area is 165 Å². The Balaban J connectivity index is 1.19. The molecule has 1 aliphatic rings. The minimum absolute atomic E-state index is 0.0810. The number of likely N-dealkylation sites (tertiary alicyclic amines) is 1. The summed E-state index contributed by atoms with van der Waals surface area (Å²) in [6.07, 6.45) is 1.97. The summed E-state index contributed by atoms with van der Waals surface area (Å²) in [7, 11) is 0. The van der Waals surface area contributed by atoms with Crippen LogP contribution in [0, 0.1) is 0 Å². The third kappa shape index (κ3) is 3.33. The van der Waals surface area contributed by atoms with Gasteiger partial charge in [0.05, 0.1) is 16.6 Å². The van der Waals surface area contributed by atoms with Crippen LogP contribution < -0.4 is 4.74 Å². The first kappa shape index (κ1) is 17.2. The van der Waals surface area contributed by atoms with Gasteiger partial charge in [0.15, 0.2) is 5.58 Å². The molecule has 142 valence electrons. The first-order valence-corrected chi connectivity index (χ1v) is 10.2. The van der Waals surface area contributed by atoms with Crippen LogP contribution in [0.25, 0.3) is 21.2 Å². The van der Waals surface area contributed by atoms with Crippen molar-refractivity contribution in [1.29, 1.82) is 0 Å². The van der Waals surface area contributed by atoms with Gasteiger partial charge in [0.2, 0.25) is 5.91 Å². The smallest absolute Gasteiger partial charge is 0.274 e. The van der Waals surface area contributed by atoms with Crippen LogP contribution in [0.4, 0.5) is 0 Å². The summed E-state index contributed by atoms with van der Waals surface area (Å²) in [5.41, 5.74) is 2.39. The van der Waals surface area contributed by atoms with E-state index in [-0.39, 0.29) is 18.4 Å². The van der Waals surface area contributed by atoms with Gasteiger partial charge in [0, 0.05) is 31.3 Å². The molecule has 0 N–H and O–H groups in total. The molecule has 0 atom stereocenters. The number of aromatic nitrogens is 2. The number of carbonyl (C=O) groups excluding carboxylic acids is 1. The number of hydrogen-bond acceptors (Lipinski definition) is 6. The molecule has 7 heteroatoms. The molecule has 6 nitrogen and oxygen atoms in total. The molecule has 0 bridgehead atoms. The molecular formula is C21H19N3O3S. The summed E-state index contributed by atoms with van der Waals surface area (Å²) in [6.45, 7) is 1.37. The fourth-order valence-electron chi connectivity index (χ4n) is 3.59. The zero-order valence-corrected chi connectivity index (χ0v) is 16.0. The highest BCUT2D eigenvalue weighted by atomic mass is 32.1. The Morgan fingerprint density at radius 3 is 2.79 bits per heavy atom. The maximum atomic E-state index is 12.7. The largest absolute Gasteiger partial charge is 0.467 e. The molecule has 0 spiro atoms. The maximum absolute atomic E-state index is 12.7. The predicted octanol–water partition coefficient (Wildman–Crippen LogP) is 4.05. The van der Waals surface area contributed by atoms with Crippen LogP contribution in [-0.4, -0.2) is 40.1 Å². The van der Waals surface area contributed by atoms with Crippen LogP contribution in [0.2, 0.25) is 0 Å². The highest BCUT2D eigenvalue weighted by molar-refractivity contribution is 7.20. The van der Waals surface area contributed by atoms with Gasteiger partial charge in [-0.15, -0.1) is 0 Å². The number of para-hydroxylation sites is 2. The van der Waals surface area contributed by atoms with Crippen molar-refractivity contribution in [2.24, 2.45) is 0 Å². The number of benzene rings is 2. The second-order valence-corrected chi connectivity index (χ2v) is 7.94. The molecule has 5 rings (SSSR count). The summed E-state index contributed by atoms with van der Waals surface area (Å²) in [5.74, 6) is 0.0810. The first-order chi connectivity index (χ1) is 13.8. The van der Waals surface area contributed by atoms with Crippen molar-refractivity contribution in [3.05, 3.63) is 54.2 Å². The van der Waals surface area contributed by atoms with Crippen LogP contribution >= 0.6 is 11.3 Å². The van der Waals surface area contributed by atoms with Crippen LogP contribution in [-0.2, 0) is 11.2 Å². The van der Waals surface area contributed by atoms with Gasteiger partial charge in [-0.05, 0) is 24.3 Å². The lowest BCUT2D eigenvalue weighted by Crippen LogP contribution is -2.42. The Bertz CT molecular complexity index is 1100. The first-order valence-electron chi connectivity index (χ1n) is 9.39. The summed E-state index contributed by atoms with van der Waals surface area (Å²) in [6, 6.07) is 15.7. The molecular weight excluding hydrogens is 374 g/mol. The second kappa shape index (κ2) is 7.24. The molecule has 1 saturated heterocycles. The van der Waals surface area contributed by atoms with Crippen molar-refractivity contribution < 1.29 is 14.1 Å². The van der Waals surface area contributed by atoms with Crippen molar-refractivity contribution >= 4 is 38.4 Å². The number of fused-ring (bicyclic) bond motifs is 2. The maximum Gasteiger partial charge on any atom is 0.274 e. The van der Waals surface area contributed by atoms with E-state index in [0.717, 1.165) is 28.4 Å². The van der Waals surface area contributed by atoms with E-state index in [2.05, 4.69) is 16.2 Å². The molecule has 0 radical (unpaired) electrons. The molecule has 2 aromatic heterocycles. The van der Waals surface area contributed by atoms with Crippen LogP contribution in [0.15, 0.2) is 53.1 Å².